The zero-order chi connectivity index (χ0) is 29.2. The highest BCUT2D eigenvalue weighted by Gasteiger charge is 2.25. The summed E-state index contributed by atoms with van der Waals surface area (Å²) in [6.45, 7) is 8.75. The van der Waals surface area contributed by atoms with Crippen LogP contribution in [-0.2, 0) is 4.74 Å². The maximum absolute atomic E-state index is 13.0. The van der Waals surface area contributed by atoms with Crippen molar-refractivity contribution in [2.45, 2.75) is 53.4 Å². The topological polar surface area (TPSA) is 26.3 Å². The second kappa shape index (κ2) is 14.8. The molecule has 0 aromatic heterocycles. The van der Waals surface area contributed by atoms with Crippen LogP contribution in [0.3, 0.4) is 0 Å². The fourth-order valence-electron chi connectivity index (χ4n) is 5.52. The number of carbonyl (C=O) groups is 1. The number of esters is 1. The zero-order valence-electron chi connectivity index (χ0n) is 25.0. The molecule has 0 saturated heterocycles. The molecule has 0 radical (unpaired) electrons. The highest BCUT2D eigenvalue weighted by Crippen LogP contribution is 2.43. The van der Waals surface area contributed by atoms with Gasteiger partial charge >= 0.3 is 5.97 Å². The summed E-state index contributed by atoms with van der Waals surface area (Å²) in [7, 11) is 0.630. The minimum absolute atomic E-state index is 0.304. The molecule has 0 spiro atoms. The smallest absolute Gasteiger partial charge is 0.337 e. The molecule has 0 saturated carbocycles. The van der Waals surface area contributed by atoms with Gasteiger partial charge in [0.15, 0.2) is 0 Å². The van der Waals surface area contributed by atoms with Crippen LogP contribution in [-0.4, -0.2) is 13.1 Å². The van der Waals surface area contributed by atoms with Gasteiger partial charge in [0.2, 0.25) is 0 Å². The number of methoxy groups -OCH3 is 1. The molecule has 0 fully saturated rings. The van der Waals surface area contributed by atoms with Gasteiger partial charge in [-0.25, -0.2) is 4.79 Å². The van der Waals surface area contributed by atoms with Crippen molar-refractivity contribution < 1.29 is 9.53 Å². The molecule has 0 aliphatic carbocycles. The summed E-state index contributed by atoms with van der Waals surface area (Å²) in [6, 6.07) is 34.7. The number of carbonyl (C=O) groups excluding carboxylic acids is 1. The van der Waals surface area contributed by atoms with Crippen LogP contribution in [0.25, 0.3) is 22.3 Å². The molecule has 0 aliphatic rings. The Balaban J connectivity index is 2.16. The van der Waals surface area contributed by atoms with Gasteiger partial charge in [-0.3, -0.25) is 0 Å². The van der Waals surface area contributed by atoms with Gasteiger partial charge in [-0.05, 0) is 95.1 Å². The molecule has 210 valence electrons. The molecule has 0 bridgehead atoms. The molecule has 0 unspecified atom stereocenters. The Kier molecular flexibility index (Phi) is 10.9. The van der Waals surface area contributed by atoms with Crippen molar-refractivity contribution in [3.8, 4) is 11.1 Å². The van der Waals surface area contributed by atoms with E-state index in [2.05, 4.69) is 137 Å². The fourth-order valence-corrected chi connectivity index (χ4v) is 7.98. The minimum Gasteiger partial charge on any atom is -0.465 e. The van der Waals surface area contributed by atoms with Gasteiger partial charge in [0, 0.05) is 0 Å². The van der Waals surface area contributed by atoms with Gasteiger partial charge in [-0.15, -0.1) is 0 Å². The first-order valence-corrected chi connectivity index (χ1v) is 16.1. The molecule has 4 aromatic rings. The van der Waals surface area contributed by atoms with E-state index in [1.807, 2.05) is 0 Å². The maximum Gasteiger partial charge on any atom is 0.337 e. The van der Waals surface area contributed by atoms with Gasteiger partial charge in [-0.1, -0.05) is 125 Å². The van der Waals surface area contributed by atoms with Gasteiger partial charge < -0.3 is 4.74 Å². The molecule has 0 aliphatic heterocycles. The van der Waals surface area contributed by atoms with E-state index in [1.165, 1.54) is 45.3 Å². The minimum atomic E-state index is -0.832. The number of ether oxygens (including phenoxy) is 1. The Labute approximate surface area is 247 Å². The summed E-state index contributed by atoms with van der Waals surface area (Å²) in [5, 5.41) is 3.94. The van der Waals surface area contributed by atoms with Crippen LogP contribution in [0.15, 0.2) is 109 Å². The average molecular weight is 561 g/mol. The van der Waals surface area contributed by atoms with Crippen LogP contribution in [0.1, 0.15) is 74.9 Å². The summed E-state index contributed by atoms with van der Waals surface area (Å²) in [4.78, 5) is 13.0. The monoisotopic (exact) mass is 560 g/mol. The van der Waals surface area contributed by atoms with E-state index in [0.29, 0.717) is 5.56 Å². The molecule has 41 heavy (non-hydrogen) atoms. The van der Waals surface area contributed by atoms with Crippen molar-refractivity contribution in [3.05, 3.63) is 126 Å². The number of rotatable bonds is 11. The molecule has 4 aromatic carbocycles. The predicted octanol–water partition coefficient (Wildman–Crippen LogP) is 9.31. The summed E-state index contributed by atoms with van der Waals surface area (Å²) >= 11 is 0. The van der Waals surface area contributed by atoms with Crippen LogP contribution in [0, 0.1) is 0 Å². The number of benzene rings is 4. The lowest BCUT2D eigenvalue weighted by molar-refractivity contribution is 0.0600. The number of allylic oxidation sites excluding steroid dienone is 4. The van der Waals surface area contributed by atoms with Crippen molar-refractivity contribution in [3.63, 3.8) is 0 Å². The Morgan fingerprint density at radius 3 is 1.59 bits per heavy atom. The fraction of sp³-hybridized carbons (Fsp3) is 0.237. The Hall–Kier alpha value is -3.74. The van der Waals surface area contributed by atoms with Crippen molar-refractivity contribution >= 4 is 41.0 Å². The number of hydrogen-bond donors (Lipinski definition) is 0. The largest absolute Gasteiger partial charge is 0.465 e. The van der Waals surface area contributed by atoms with Gasteiger partial charge in [-0.2, -0.15) is 0 Å². The third kappa shape index (κ3) is 6.77. The normalized spacial score (nSPS) is 12.0. The molecular weight excluding hydrogens is 519 g/mol. The van der Waals surface area contributed by atoms with E-state index < -0.39 is 7.92 Å². The standard InChI is InChI=1S/C38H41O2P/c1-6-18-28(8-3)34-26-30(38(39)40-5)27-35(29(9-4)19-7-2)37(34)33-24-16-17-25-36(33)41(31-20-12-10-13-21-31)32-22-14-11-15-23-32/h10-27H,6-9H2,1-5H3/b28-18+,29-19+. The highest BCUT2D eigenvalue weighted by molar-refractivity contribution is 7.80. The first kappa shape index (κ1) is 30.2. The lowest BCUT2D eigenvalue weighted by atomic mass is 9.84. The molecule has 0 amide bonds. The Morgan fingerprint density at radius 2 is 1.15 bits per heavy atom. The molecule has 2 nitrogen and oxygen atoms in total. The summed E-state index contributed by atoms with van der Waals surface area (Å²) in [5.74, 6) is -0.304. The van der Waals surface area contributed by atoms with Crippen LogP contribution < -0.4 is 15.9 Å². The summed E-state index contributed by atoms with van der Waals surface area (Å²) in [5.41, 5.74) is 7.75. The maximum atomic E-state index is 13.0. The quantitative estimate of drug-likeness (QED) is 0.135. The zero-order valence-corrected chi connectivity index (χ0v) is 25.9. The van der Waals surface area contributed by atoms with E-state index in [-0.39, 0.29) is 5.97 Å². The first-order valence-electron chi connectivity index (χ1n) is 14.7. The van der Waals surface area contributed by atoms with Crippen molar-refractivity contribution in [1.29, 1.82) is 0 Å². The third-order valence-electron chi connectivity index (χ3n) is 7.36. The number of hydrogen-bond acceptors (Lipinski definition) is 2. The third-order valence-corrected chi connectivity index (χ3v) is 9.86. The van der Waals surface area contributed by atoms with Crippen LogP contribution in [0.5, 0.6) is 0 Å². The van der Waals surface area contributed by atoms with Crippen LogP contribution in [0.2, 0.25) is 0 Å². The van der Waals surface area contributed by atoms with E-state index in [9.17, 15) is 4.79 Å². The first-order chi connectivity index (χ1) is 20.1. The predicted molar refractivity (Wildman–Crippen MR) is 179 cm³/mol. The van der Waals surface area contributed by atoms with Crippen LogP contribution >= 0.6 is 7.92 Å². The molecular formula is C38H41O2P. The summed E-state index contributed by atoms with van der Waals surface area (Å²) < 4.78 is 5.24. The van der Waals surface area contributed by atoms with E-state index in [4.69, 9.17) is 4.74 Å². The molecule has 0 heterocycles. The SMILES string of the molecule is CC/C=C(\CC)c1cc(C(=O)OC)cc(/C(=C/CC)CC)c1-c1ccccc1P(c1ccccc1)c1ccccc1. The van der Waals surface area contributed by atoms with Gasteiger partial charge in [0.1, 0.15) is 0 Å². The second-order valence-electron chi connectivity index (χ2n) is 9.94. The second-order valence-corrected chi connectivity index (χ2v) is 12.1. The van der Waals surface area contributed by atoms with E-state index >= 15 is 0 Å². The van der Waals surface area contributed by atoms with E-state index in [0.717, 1.165) is 36.8 Å². The lowest BCUT2D eigenvalue weighted by Crippen LogP contribution is -2.22. The Morgan fingerprint density at radius 1 is 0.683 bits per heavy atom. The molecule has 3 heteroatoms. The molecule has 0 N–H and O–H groups in total. The van der Waals surface area contributed by atoms with E-state index in [1.54, 1.807) is 0 Å². The molecule has 4 rings (SSSR count). The Bertz CT molecular complexity index is 1430. The van der Waals surface area contributed by atoms with Gasteiger partial charge in [0.05, 0.1) is 12.7 Å². The van der Waals surface area contributed by atoms with Crippen molar-refractivity contribution in [2.75, 3.05) is 7.11 Å². The van der Waals surface area contributed by atoms with Crippen molar-refractivity contribution in [1.82, 2.24) is 0 Å². The van der Waals surface area contributed by atoms with Gasteiger partial charge in [0.25, 0.3) is 0 Å². The highest BCUT2D eigenvalue weighted by atomic mass is 31.1. The average Bonchev–Trinajstić information content (AvgIpc) is 3.03. The van der Waals surface area contributed by atoms with Crippen LogP contribution in [0.4, 0.5) is 0 Å². The van der Waals surface area contributed by atoms with Crippen molar-refractivity contribution in [2.24, 2.45) is 0 Å². The summed E-state index contributed by atoms with van der Waals surface area (Å²) in [6.07, 6.45) is 8.20. The molecule has 0 atom stereocenters. The lowest BCUT2D eigenvalue weighted by Gasteiger charge is -2.26.